The molecular formula is C17H20N4O. The average Bonchev–Trinajstić information content (AvgIpc) is 2.97. The van der Waals surface area contributed by atoms with Crippen LogP contribution in [0.25, 0.3) is 0 Å². The summed E-state index contributed by atoms with van der Waals surface area (Å²) in [5.41, 5.74) is 0.810. The van der Waals surface area contributed by atoms with Crippen molar-refractivity contribution in [2.24, 2.45) is 5.41 Å². The first-order valence-corrected chi connectivity index (χ1v) is 7.96. The van der Waals surface area contributed by atoms with Crippen LogP contribution >= 0.6 is 0 Å². The van der Waals surface area contributed by atoms with Crippen LogP contribution in [-0.2, 0) is 11.3 Å². The van der Waals surface area contributed by atoms with E-state index in [0.29, 0.717) is 5.91 Å². The van der Waals surface area contributed by atoms with E-state index < -0.39 is 0 Å². The Labute approximate surface area is 130 Å². The Hall–Kier alpha value is -2.17. The number of nitrogens with zero attached hydrogens (tertiary/aromatic N) is 4. The molecule has 1 atom stereocenters. The third-order valence-corrected chi connectivity index (χ3v) is 4.89. The molecule has 5 heteroatoms. The van der Waals surface area contributed by atoms with Gasteiger partial charge in [-0.3, -0.25) is 9.78 Å². The second-order valence-corrected chi connectivity index (χ2v) is 6.43. The Morgan fingerprint density at radius 3 is 2.91 bits per heavy atom. The summed E-state index contributed by atoms with van der Waals surface area (Å²) in [4.78, 5) is 23.7. The molecule has 2 aromatic rings. The summed E-state index contributed by atoms with van der Waals surface area (Å²) in [5, 5.41) is 0. The van der Waals surface area contributed by atoms with Crippen LogP contribution in [0.1, 0.15) is 37.4 Å². The van der Waals surface area contributed by atoms with Crippen molar-refractivity contribution in [3.8, 4) is 0 Å². The molecule has 0 radical (unpaired) electrons. The summed E-state index contributed by atoms with van der Waals surface area (Å²) in [6, 6.07) is 6.10. The van der Waals surface area contributed by atoms with Crippen molar-refractivity contribution in [2.45, 2.75) is 38.3 Å². The molecule has 0 spiro atoms. The second kappa shape index (κ2) is 5.23. The fourth-order valence-corrected chi connectivity index (χ4v) is 3.52. The van der Waals surface area contributed by atoms with E-state index in [0.717, 1.165) is 44.5 Å². The highest BCUT2D eigenvalue weighted by molar-refractivity contribution is 5.86. The van der Waals surface area contributed by atoms with Crippen LogP contribution in [0.15, 0.2) is 43.1 Å². The normalized spacial score (nSPS) is 22.7. The lowest BCUT2D eigenvalue weighted by atomic mass is 10.0. The fraction of sp³-hybridized carbons (Fsp3) is 0.471. The standard InChI is InChI=1S/C17H20N4O/c22-16(17(6-7-17)12-20-11-9-18-13-20)21-10-3-5-15(21)14-4-1-2-8-19-14/h1-2,4,8-9,11,13,15H,3,5-7,10,12H2/t15-/m1/s1. The molecule has 1 saturated heterocycles. The van der Waals surface area contributed by atoms with Crippen molar-refractivity contribution in [3.05, 3.63) is 48.8 Å². The zero-order valence-corrected chi connectivity index (χ0v) is 12.6. The fourth-order valence-electron chi connectivity index (χ4n) is 3.52. The predicted octanol–water partition coefficient (Wildman–Crippen LogP) is 2.42. The number of amides is 1. The van der Waals surface area contributed by atoms with Gasteiger partial charge in [0, 0.05) is 31.7 Å². The van der Waals surface area contributed by atoms with Gasteiger partial charge in [-0.2, -0.15) is 0 Å². The maximum absolute atomic E-state index is 13.1. The van der Waals surface area contributed by atoms with Gasteiger partial charge in [0.1, 0.15) is 0 Å². The van der Waals surface area contributed by atoms with Crippen molar-refractivity contribution < 1.29 is 4.79 Å². The zero-order valence-electron chi connectivity index (χ0n) is 12.6. The molecule has 0 unspecified atom stereocenters. The average molecular weight is 296 g/mol. The summed E-state index contributed by atoms with van der Waals surface area (Å²) in [6.07, 6.45) is 11.4. The molecule has 1 aliphatic heterocycles. The van der Waals surface area contributed by atoms with Crippen LogP contribution in [0.5, 0.6) is 0 Å². The first kappa shape index (κ1) is 13.5. The molecule has 2 fully saturated rings. The van der Waals surface area contributed by atoms with Crippen molar-refractivity contribution in [2.75, 3.05) is 6.54 Å². The maximum Gasteiger partial charge on any atom is 0.231 e. The van der Waals surface area contributed by atoms with Crippen LogP contribution in [-0.4, -0.2) is 31.9 Å². The number of aromatic nitrogens is 3. The summed E-state index contributed by atoms with van der Waals surface area (Å²) < 4.78 is 2.02. The largest absolute Gasteiger partial charge is 0.336 e. The Balaban J connectivity index is 1.54. The van der Waals surface area contributed by atoms with Gasteiger partial charge in [-0.1, -0.05) is 6.07 Å². The van der Waals surface area contributed by atoms with Crippen LogP contribution in [0.4, 0.5) is 0 Å². The third-order valence-electron chi connectivity index (χ3n) is 4.89. The number of carbonyl (C=O) groups excluding carboxylic acids is 1. The summed E-state index contributed by atoms with van der Waals surface area (Å²) in [6.45, 7) is 1.60. The molecule has 0 bridgehead atoms. The molecule has 5 nitrogen and oxygen atoms in total. The van der Waals surface area contributed by atoms with Crippen LogP contribution in [0, 0.1) is 5.41 Å². The Bertz CT molecular complexity index is 649. The van der Waals surface area contributed by atoms with Gasteiger partial charge in [-0.25, -0.2) is 4.98 Å². The van der Waals surface area contributed by atoms with E-state index in [1.807, 2.05) is 35.2 Å². The van der Waals surface area contributed by atoms with E-state index in [1.165, 1.54) is 0 Å². The number of rotatable bonds is 4. The van der Waals surface area contributed by atoms with Crippen molar-refractivity contribution in [3.63, 3.8) is 0 Å². The molecule has 1 aliphatic carbocycles. The van der Waals surface area contributed by atoms with E-state index in [1.54, 1.807) is 12.5 Å². The van der Waals surface area contributed by atoms with E-state index in [-0.39, 0.29) is 11.5 Å². The topological polar surface area (TPSA) is 51.0 Å². The number of hydrogen-bond acceptors (Lipinski definition) is 3. The van der Waals surface area contributed by atoms with E-state index in [9.17, 15) is 4.79 Å². The van der Waals surface area contributed by atoms with E-state index >= 15 is 0 Å². The Morgan fingerprint density at radius 1 is 1.32 bits per heavy atom. The van der Waals surface area contributed by atoms with Gasteiger partial charge in [-0.15, -0.1) is 0 Å². The lowest BCUT2D eigenvalue weighted by Gasteiger charge is -2.29. The lowest BCUT2D eigenvalue weighted by Crippen LogP contribution is -2.38. The monoisotopic (exact) mass is 296 g/mol. The van der Waals surface area contributed by atoms with Gasteiger partial charge in [0.05, 0.1) is 23.5 Å². The van der Waals surface area contributed by atoms with Gasteiger partial charge in [0.2, 0.25) is 5.91 Å². The quantitative estimate of drug-likeness (QED) is 0.870. The Kier molecular flexibility index (Phi) is 3.21. The molecule has 1 amide bonds. The van der Waals surface area contributed by atoms with Crippen LogP contribution < -0.4 is 0 Å². The molecular weight excluding hydrogens is 276 g/mol. The van der Waals surface area contributed by atoms with Crippen molar-refractivity contribution in [1.82, 2.24) is 19.4 Å². The molecule has 3 heterocycles. The SMILES string of the molecule is O=C(N1CCC[C@@H]1c1ccccn1)C1(Cn2ccnc2)CC1. The Morgan fingerprint density at radius 2 is 2.23 bits per heavy atom. The number of hydrogen-bond donors (Lipinski definition) is 0. The molecule has 2 aliphatic rings. The van der Waals surface area contributed by atoms with E-state index in [2.05, 4.69) is 14.9 Å². The molecule has 114 valence electrons. The summed E-state index contributed by atoms with van der Waals surface area (Å²) in [5.74, 6) is 0.300. The second-order valence-electron chi connectivity index (χ2n) is 6.43. The van der Waals surface area contributed by atoms with Crippen LogP contribution in [0.3, 0.4) is 0 Å². The molecule has 0 aromatic carbocycles. The van der Waals surface area contributed by atoms with Gasteiger partial charge in [0.15, 0.2) is 0 Å². The minimum atomic E-state index is -0.210. The highest BCUT2D eigenvalue weighted by atomic mass is 16.2. The number of imidazole rings is 1. The van der Waals surface area contributed by atoms with Crippen molar-refractivity contribution in [1.29, 1.82) is 0 Å². The van der Waals surface area contributed by atoms with Crippen molar-refractivity contribution >= 4 is 5.91 Å². The summed E-state index contributed by atoms with van der Waals surface area (Å²) >= 11 is 0. The number of likely N-dealkylation sites (tertiary alicyclic amines) is 1. The highest BCUT2D eigenvalue weighted by Gasteiger charge is 2.53. The molecule has 2 aromatic heterocycles. The molecule has 22 heavy (non-hydrogen) atoms. The van der Waals surface area contributed by atoms with Gasteiger partial charge in [-0.05, 0) is 37.8 Å². The summed E-state index contributed by atoms with van der Waals surface area (Å²) in [7, 11) is 0. The minimum absolute atomic E-state index is 0.147. The van der Waals surface area contributed by atoms with Gasteiger partial charge in [0.25, 0.3) is 0 Å². The maximum atomic E-state index is 13.1. The smallest absolute Gasteiger partial charge is 0.231 e. The van der Waals surface area contributed by atoms with Gasteiger partial charge >= 0.3 is 0 Å². The zero-order chi connectivity index (χ0) is 15.0. The third kappa shape index (κ3) is 2.30. The predicted molar refractivity (Wildman–Crippen MR) is 81.8 cm³/mol. The van der Waals surface area contributed by atoms with Gasteiger partial charge < -0.3 is 9.47 Å². The van der Waals surface area contributed by atoms with E-state index in [4.69, 9.17) is 0 Å². The number of carbonyl (C=O) groups is 1. The molecule has 4 rings (SSSR count). The van der Waals surface area contributed by atoms with Crippen LogP contribution in [0.2, 0.25) is 0 Å². The molecule has 0 N–H and O–H groups in total. The first-order valence-electron chi connectivity index (χ1n) is 7.96. The lowest BCUT2D eigenvalue weighted by molar-refractivity contribution is -0.138. The minimum Gasteiger partial charge on any atom is -0.336 e. The number of pyridine rings is 1. The first-order chi connectivity index (χ1) is 10.8. The molecule has 1 saturated carbocycles. The highest BCUT2D eigenvalue weighted by Crippen LogP contribution is 2.50.